The summed E-state index contributed by atoms with van der Waals surface area (Å²) in [7, 11) is 0. The fourth-order valence-corrected chi connectivity index (χ4v) is 5.27. The first-order valence-corrected chi connectivity index (χ1v) is 12.9. The van der Waals surface area contributed by atoms with Crippen molar-refractivity contribution in [2.24, 2.45) is 0 Å². The van der Waals surface area contributed by atoms with Gasteiger partial charge in [-0.1, -0.05) is 66.2 Å². The SMILES string of the molecule is Cc1cccc(Cc2nc3c(c(N4CCOCC4)n2)CN(C(=O)Nc2cccc4ccccc24)CC3)c1. The fourth-order valence-electron chi connectivity index (χ4n) is 5.27. The third kappa shape index (κ3) is 5.00. The minimum absolute atomic E-state index is 0.0984. The monoisotopic (exact) mass is 493 g/mol. The maximum atomic E-state index is 13.4. The van der Waals surface area contributed by atoms with Crippen LogP contribution in [-0.2, 0) is 24.1 Å². The number of ether oxygens (including phenoxy) is 1. The lowest BCUT2D eigenvalue weighted by Crippen LogP contribution is -2.42. The van der Waals surface area contributed by atoms with Crippen molar-refractivity contribution in [2.45, 2.75) is 26.3 Å². The van der Waals surface area contributed by atoms with Gasteiger partial charge in [0.1, 0.15) is 11.6 Å². The minimum Gasteiger partial charge on any atom is -0.378 e. The first-order chi connectivity index (χ1) is 18.1. The first-order valence-electron chi connectivity index (χ1n) is 12.9. The number of carbonyl (C=O) groups is 1. The summed E-state index contributed by atoms with van der Waals surface area (Å²) < 4.78 is 5.61. The second kappa shape index (κ2) is 10.2. The highest BCUT2D eigenvalue weighted by atomic mass is 16.5. The minimum atomic E-state index is -0.0984. The van der Waals surface area contributed by atoms with Crippen LogP contribution < -0.4 is 10.2 Å². The van der Waals surface area contributed by atoms with Gasteiger partial charge in [0, 0.05) is 43.4 Å². The molecule has 0 atom stereocenters. The van der Waals surface area contributed by atoms with Crippen LogP contribution in [-0.4, -0.2) is 53.7 Å². The second-order valence-corrected chi connectivity index (χ2v) is 9.78. The predicted molar refractivity (Wildman–Crippen MR) is 146 cm³/mol. The number of urea groups is 1. The third-order valence-corrected chi connectivity index (χ3v) is 7.16. The summed E-state index contributed by atoms with van der Waals surface area (Å²) >= 11 is 0. The lowest BCUT2D eigenvalue weighted by atomic mass is 10.0. The molecule has 1 saturated heterocycles. The molecule has 3 aromatic carbocycles. The Balaban J connectivity index is 1.28. The summed E-state index contributed by atoms with van der Waals surface area (Å²) in [4.78, 5) is 27.6. The molecule has 1 fully saturated rings. The molecule has 0 saturated carbocycles. The molecule has 7 nitrogen and oxygen atoms in total. The Kier molecular flexibility index (Phi) is 6.45. The van der Waals surface area contributed by atoms with Crippen LogP contribution in [0.1, 0.15) is 28.2 Å². The van der Waals surface area contributed by atoms with Crippen molar-refractivity contribution in [2.75, 3.05) is 43.1 Å². The maximum absolute atomic E-state index is 13.4. The molecule has 37 heavy (non-hydrogen) atoms. The van der Waals surface area contributed by atoms with Crippen LogP contribution in [0.15, 0.2) is 66.7 Å². The quantitative estimate of drug-likeness (QED) is 0.435. The number of rotatable bonds is 4. The normalized spacial score (nSPS) is 15.5. The molecule has 0 aliphatic carbocycles. The summed E-state index contributed by atoms with van der Waals surface area (Å²) in [6.45, 7) is 6.14. The van der Waals surface area contributed by atoms with Gasteiger partial charge in [0.15, 0.2) is 0 Å². The van der Waals surface area contributed by atoms with Gasteiger partial charge in [0.25, 0.3) is 0 Å². The lowest BCUT2D eigenvalue weighted by Gasteiger charge is -2.34. The van der Waals surface area contributed by atoms with Gasteiger partial charge in [-0.05, 0) is 23.9 Å². The first kappa shape index (κ1) is 23.4. The van der Waals surface area contributed by atoms with E-state index in [-0.39, 0.29) is 6.03 Å². The van der Waals surface area contributed by atoms with Crippen molar-refractivity contribution in [1.82, 2.24) is 14.9 Å². The molecule has 188 valence electrons. The molecule has 2 aliphatic heterocycles. The van der Waals surface area contributed by atoms with E-state index < -0.39 is 0 Å². The molecule has 1 N–H and O–H groups in total. The average Bonchev–Trinajstić information content (AvgIpc) is 2.93. The molecule has 1 aromatic heterocycles. The van der Waals surface area contributed by atoms with Gasteiger partial charge in [-0.15, -0.1) is 0 Å². The van der Waals surface area contributed by atoms with E-state index in [0.717, 1.165) is 52.4 Å². The number of hydrogen-bond acceptors (Lipinski definition) is 5. The highest BCUT2D eigenvalue weighted by molar-refractivity contribution is 6.01. The summed E-state index contributed by atoms with van der Waals surface area (Å²) in [5.74, 6) is 1.78. The second-order valence-electron chi connectivity index (χ2n) is 9.78. The molecular formula is C30H31N5O2. The van der Waals surface area contributed by atoms with Gasteiger partial charge < -0.3 is 19.9 Å². The molecule has 7 heteroatoms. The zero-order chi connectivity index (χ0) is 25.2. The van der Waals surface area contributed by atoms with Crippen LogP contribution in [0.4, 0.5) is 16.3 Å². The van der Waals surface area contributed by atoms with Gasteiger partial charge in [0.2, 0.25) is 0 Å². The maximum Gasteiger partial charge on any atom is 0.322 e. The summed E-state index contributed by atoms with van der Waals surface area (Å²) in [5.41, 5.74) is 5.37. The number of amides is 2. The molecule has 0 unspecified atom stereocenters. The Labute approximate surface area is 217 Å². The summed E-state index contributed by atoms with van der Waals surface area (Å²) in [6, 6.07) is 22.5. The van der Waals surface area contributed by atoms with Gasteiger partial charge in [-0.3, -0.25) is 0 Å². The van der Waals surface area contributed by atoms with Crippen LogP contribution in [0.2, 0.25) is 0 Å². The molecule has 6 rings (SSSR count). The van der Waals surface area contributed by atoms with Crippen molar-refractivity contribution in [1.29, 1.82) is 0 Å². The molecule has 0 bridgehead atoms. The Morgan fingerprint density at radius 3 is 2.65 bits per heavy atom. The van der Waals surface area contributed by atoms with Crippen LogP contribution in [0.25, 0.3) is 10.8 Å². The van der Waals surface area contributed by atoms with Crippen molar-refractivity contribution >= 4 is 28.3 Å². The standard InChI is InChI=1S/C30H31N5O2/c1-21-6-4-7-22(18-21)19-28-31-27-12-13-35(20-25(27)29(33-28)34-14-16-37-17-15-34)30(36)32-26-11-5-9-23-8-2-3-10-24(23)26/h2-11,18H,12-17,19-20H2,1H3,(H,32,36). The van der Waals surface area contributed by atoms with E-state index >= 15 is 0 Å². The molecular weight excluding hydrogens is 462 g/mol. The van der Waals surface area contributed by atoms with Gasteiger partial charge in [-0.2, -0.15) is 0 Å². The number of aromatic nitrogens is 2. The largest absolute Gasteiger partial charge is 0.378 e. The summed E-state index contributed by atoms with van der Waals surface area (Å²) in [5, 5.41) is 5.29. The van der Waals surface area contributed by atoms with Crippen molar-refractivity contribution in [3.8, 4) is 0 Å². The number of aryl methyl sites for hydroxylation is 1. The van der Waals surface area contributed by atoms with Gasteiger partial charge in [-0.25, -0.2) is 14.8 Å². The number of benzene rings is 3. The molecule has 4 aromatic rings. The van der Waals surface area contributed by atoms with Crippen LogP contribution >= 0.6 is 0 Å². The number of fused-ring (bicyclic) bond motifs is 2. The highest BCUT2D eigenvalue weighted by Gasteiger charge is 2.28. The molecule has 3 heterocycles. The van der Waals surface area contributed by atoms with E-state index in [0.29, 0.717) is 39.1 Å². The van der Waals surface area contributed by atoms with E-state index in [1.807, 2.05) is 35.2 Å². The molecule has 2 amide bonds. The number of nitrogens with one attached hydrogen (secondary N) is 1. The van der Waals surface area contributed by atoms with Crippen LogP contribution in [0.5, 0.6) is 0 Å². The van der Waals surface area contributed by atoms with Gasteiger partial charge in [0.05, 0.1) is 31.1 Å². The molecule has 2 aliphatic rings. The van der Waals surface area contributed by atoms with Crippen molar-refractivity contribution < 1.29 is 9.53 Å². The fraction of sp³-hybridized carbons (Fsp3) is 0.300. The molecule has 0 spiro atoms. The smallest absolute Gasteiger partial charge is 0.322 e. The van der Waals surface area contributed by atoms with E-state index in [1.54, 1.807) is 0 Å². The van der Waals surface area contributed by atoms with E-state index in [2.05, 4.69) is 53.5 Å². The number of carbonyl (C=O) groups excluding carboxylic acids is 1. The van der Waals surface area contributed by atoms with E-state index in [1.165, 1.54) is 11.1 Å². The highest BCUT2D eigenvalue weighted by Crippen LogP contribution is 2.29. The number of anilines is 2. The Morgan fingerprint density at radius 2 is 1.78 bits per heavy atom. The topological polar surface area (TPSA) is 70.6 Å². The number of hydrogen-bond donors (Lipinski definition) is 1. The van der Waals surface area contributed by atoms with E-state index in [9.17, 15) is 4.79 Å². The van der Waals surface area contributed by atoms with Crippen LogP contribution in [0, 0.1) is 6.92 Å². The van der Waals surface area contributed by atoms with Crippen molar-refractivity contribution in [3.63, 3.8) is 0 Å². The third-order valence-electron chi connectivity index (χ3n) is 7.16. The lowest BCUT2D eigenvalue weighted by molar-refractivity contribution is 0.122. The van der Waals surface area contributed by atoms with Crippen LogP contribution in [0.3, 0.4) is 0 Å². The van der Waals surface area contributed by atoms with E-state index in [4.69, 9.17) is 14.7 Å². The zero-order valence-corrected chi connectivity index (χ0v) is 21.1. The average molecular weight is 494 g/mol. The van der Waals surface area contributed by atoms with Crippen molar-refractivity contribution in [3.05, 3.63) is 94.9 Å². The zero-order valence-electron chi connectivity index (χ0n) is 21.1. The predicted octanol–water partition coefficient (Wildman–Crippen LogP) is 4.96. The Bertz CT molecular complexity index is 1440. The Hall–Kier alpha value is -3.97. The number of morpholine rings is 1. The number of nitrogens with zero attached hydrogens (tertiary/aromatic N) is 4. The summed E-state index contributed by atoms with van der Waals surface area (Å²) in [6.07, 6.45) is 1.40. The molecule has 0 radical (unpaired) electrons. The van der Waals surface area contributed by atoms with Gasteiger partial charge >= 0.3 is 6.03 Å². The Morgan fingerprint density at radius 1 is 0.973 bits per heavy atom.